The Labute approximate surface area is 124 Å². The first-order valence-electron chi connectivity index (χ1n) is 7.40. The predicted molar refractivity (Wildman–Crippen MR) is 84.0 cm³/mol. The van der Waals surface area contributed by atoms with E-state index in [-0.39, 0.29) is 0 Å². The van der Waals surface area contributed by atoms with Crippen LogP contribution in [0.4, 0.5) is 0 Å². The summed E-state index contributed by atoms with van der Waals surface area (Å²) in [5.41, 5.74) is 0.598. The van der Waals surface area contributed by atoms with E-state index in [1.165, 1.54) is 11.1 Å². The maximum Gasteiger partial charge on any atom is 0.108 e. The normalized spacial score (nSPS) is 18.8. The number of hydrogen-bond donors (Lipinski definition) is 1. The number of fused-ring (bicyclic) bond motifs is 1. The fourth-order valence-corrected chi connectivity index (χ4v) is 4.19. The summed E-state index contributed by atoms with van der Waals surface area (Å²) in [5.74, 6) is 0. The maximum absolute atomic E-state index is 10.6. The number of aromatic nitrogens is 1. The Morgan fingerprint density at radius 2 is 2.00 bits per heavy atom. The third kappa shape index (κ3) is 3.19. The van der Waals surface area contributed by atoms with Crippen molar-refractivity contribution in [3.05, 3.63) is 29.3 Å². The summed E-state index contributed by atoms with van der Waals surface area (Å²) in [6, 6.07) is 8.26. The van der Waals surface area contributed by atoms with Crippen LogP contribution in [0.1, 0.15) is 37.1 Å². The molecule has 1 aliphatic rings. The lowest BCUT2D eigenvalue weighted by Crippen LogP contribution is -2.42. The van der Waals surface area contributed by atoms with E-state index in [1.807, 2.05) is 6.07 Å². The van der Waals surface area contributed by atoms with Crippen molar-refractivity contribution in [3.63, 3.8) is 0 Å². The molecule has 0 spiro atoms. The number of hydrogen-bond acceptors (Lipinski definition) is 4. The summed E-state index contributed by atoms with van der Waals surface area (Å²) >= 11 is 1.75. The molecule has 1 fully saturated rings. The fourth-order valence-electron chi connectivity index (χ4n) is 3.14. The number of benzene rings is 1. The Kier molecular flexibility index (Phi) is 4.06. The Bertz CT molecular complexity index is 542. The van der Waals surface area contributed by atoms with E-state index in [0.717, 1.165) is 49.3 Å². The van der Waals surface area contributed by atoms with Crippen molar-refractivity contribution in [2.75, 3.05) is 13.6 Å². The van der Waals surface area contributed by atoms with Crippen LogP contribution < -0.4 is 0 Å². The van der Waals surface area contributed by atoms with Crippen LogP contribution in [-0.2, 0) is 6.54 Å². The topological polar surface area (TPSA) is 36.4 Å². The zero-order valence-corrected chi connectivity index (χ0v) is 12.8. The van der Waals surface area contributed by atoms with E-state index in [1.54, 1.807) is 11.3 Å². The zero-order valence-electron chi connectivity index (χ0n) is 12.0. The smallest absolute Gasteiger partial charge is 0.108 e. The molecule has 1 N–H and O–H groups in total. The molecule has 1 heterocycles. The summed E-state index contributed by atoms with van der Waals surface area (Å²) in [5, 5.41) is 11.7. The Morgan fingerprint density at radius 3 is 2.75 bits per heavy atom. The van der Waals surface area contributed by atoms with Crippen molar-refractivity contribution in [2.45, 2.75) is 44.2 Å². The van der Waals surface area contributed by atoms with Gasteiger partial charge in [0.25, 0.3) is 0 Å². The minimum absolute atomic E-state index is 0.482. The number of aliphatic hydroxyl groups is 1. The second-order valence-corrected chi connectivity index (χ2v) is 7.15. The van der Waals surface area contributed by atoms with Crippen LogP contribution in [0.3, 0.4) is 0 Å². The first-order chi connectivity index (χ1) is 9.65. The van der Waals surface area contributed by atoms with Gasteiger partial charge in [-0.1, -0.05) is 31.4 Å². The molecule has 108 valence electrons. The maximum atomic E-state index is 10.6. The van der Waals surface area contributed by atoms with Crippen molar-refractivity contribution < 1.29 is 5.11 Å². The number of rotatable bonds is 4. The zero-order chi connectivity index (χ0) is 14.0. The molecule has 1 aliphatic carbocycles. The summed E-state index contributed by atoms with van der Waals surface area (Å²) in [7, 11) is 2.08. The third-order valence-electron chi connectivity index (χ3n) is 4.09. The standard InChI is InChI=1S/C16H22N2OS/c1-18(12-16(19)9-5-2-6-10-16)11-15-17-13-7-3-4-8-14(13)20-15/h3-4,7-8,19H,2,5-6,9-12H2,1H3. The number of para-hydroxylation sites is 1. The van der Waals surface area contributed by atoms with Crippen molar-refractivity contribution in [1.82, 2.24) is 9.88 Å². The highest BCUT2D eigenvalue weighted by Gasteiger charge is 2.30. The lowest BCUT2D eigenvalue weighted by atomic mass is 9.84. The molecule has 0 aliphatic heterocycles. The van der Waals surface area contributed by atoms with Gasteiger partial charge in [0, 0.05) is 6.54 Å². The van der Waals surface area contributed by atoms with Crippen LogP contribution in [0, 0.1) is 0 Å². The monoisotopic (exact) mass is 290 g/mol. The second kappa shape index (κ2) is 5.80. The van der Waals surface area contributed by atoms with E-state index in [4.69, 9.17) is 0 Å². The van der Waals surface area contributed by atoms with Gasteiger partial charge in [-0.05, 0) is 32.0 Å². The summed E-state index contributed by atoms with van der Waals surface area (Å²) in [6.45, 7) is 1.57. The highest BCUT2D eigenvalue weighted by Crippen LogP contribution is 2.29. The van der Waals surface area contributed by atoms with E-state index in [9.17, 15) is 5.11 Å². The van der Waals surface area contributed by atoms with E-state index >= 15 is 0 Å². The SMILES string of the molecule is CN(Cc1nc2ccccc2s1)CC1(O)CCCCC1. The van der Waals surface area contributed by atoms with Crippen LogP contribution >= 0.6 is 11.3 Å². The largest absolute Gasteiger partial charge is 0.389 e. The minimum Gasteiger partial charge on any atom is -0.389 e. The molecule has 3 nitrogen and oxygen atoms in total. The molecule has 1 aromatic carbocycles. The average Bonchev–Trinajstić information content (AvgIpc) is 2.80. The van der Waals surface area contributed by atoms with Gasteiger partial charge < -0.3 is 5.11 Å². The van der Waals surface area contributed by atoms with Crippen LogP contribution in [-0.4, -0.2) is 34.2 Å². The van der Waals surface area contributed by atoms with Crippen molar-refractivity contribution in [3.8, 4) is 0 Å². The van der Waals surface area contributed by atoms with Gasteiger partial charge in [-0.25, -0.2) is 4.98 Å². The number of nitrogens with zero attached hydrogens (tertiary/aromatic N) is 2. The molecule has 0 radical (unpaired) electrons. The molecule has 0 bridgehead atoms. The molecule has 2 aromatic rings. The molecule has 0 unspecified atom stereocenters. The van der Waals surface area contributed by atoms with Gasteiger partial charge in [-0.3, -0.25) is 4.90 Å². The molecule has 20 heavy (non-hydrogen) atoms. The van der Waals surface area contributed by atoms with Crippen molar-refractivity contribution in [2.24, 2.45) is 0 Å². The fraction of sp³-hybridized carbons (Fsp3) is 0.562. The van der Waals surface area contributed by atoms with Gasteiger partial charge in [-0.15, -0.1) is 11.3 Å². The number of likely N-dealkylation sites (N-methyl/N-ethyl adjacent to an activating group) is 1. The minimum atomic E-state index is -0.482. The van der Waals surface area contributed by atoms with E-state index < -0.39 is 5.60 Å². The van der Waals surface area contributed by atoms with Crippen LogP contribution in [0.15, 0.2) is 24.3 Å². The number of thiazole rings is 1. The molecule has 1 aromatic heterocycles. The van der Waals surface area contributed by atoms with Crippen LogP contribution in [0.25, 0.3) is 10.2 Å². The average molecular weight is 290 g/mol. The molecular formula is C16H22N2OS. The highest BCUT2D eigenvalue weighted by atomic mass is 32.1. The molecular weight excluding hydrogens is 268 g/mol. The molecule has 0 amide bonds. The van der Waals surface area contributed by atoms with Gasteiger partial charge in [-0.2, -0.15) is 0 Å². The summed E-state index contributed by atoms with van der Waals surface area (Å²) in [4.78, 5) is 6.88. The van der Waals surface area contributed by atoms with Gasteiger partial charge >= 0.3 is 0 Å². The Balaban J connectivity index is 1.64. The van der Waals surface area contributed by atoms with Gasteiger partial charge in [0.15, 0.2) is 0 Å². The first kappa shape index (κ1) is 14.0. The van der Waals surface area contributed by atoms with Gasteiger partial charge in [0.2, 0.25) is 0 Å². The molecule has 4 heteroatoms. The molecule has 0 saturated heterocycles. The second-order valence-electron chi connectivity index (χ2n) is 6.03. The molecule has 0 atom stereocenters. The summed E-state index contributed by atoms with van der Waals surface area (Å²) < 4.78 is 1.24. The summed E-state index contributed by atoms with van der Waals surface area (Å²) in [6.07, 6.45) is 5.47. The Hall–Kier alpha value is -0.970. The quantitative estimate of drug-likeness (QED) is 0.937. The third-order valence-corrected chi connectivity index (χ3v) is 5.11. The van der Waals surface area contributed by atoms with Crippen molar-refractivity contribution >= 4 is 21.6 Å². The van der Waals surface area contributed by atoms with Gasteiger partial charge in [0.1, 0.15) is 5.01 Å². The van der Waals surface area contributed by atoms with E-state index in [0.29, 0.717) is 0 Å². The first-order valence-corrected chi connectivity index (χ1v) is 8.22. The van der Waals surface area contributed by atoms with E-state index in [2.05, 4.69) is 35.1 Å². The van der Waals surface area contributed by atoms with Crippen molar-refractivity contribution in [1.29, 1.82) is 0 Å². The Morgan fingerprint density at radius 1 is 1.25 bits per heavy atom. The predicted octanol–water partition coefficient (Wildman–Crippen LogP) is 3.42. The molecule has 3 rings (SSSR count). The van der Waals surface area contributed by atoms with Gasteiger partial charge in [0.05, 0.1) is 22.4 Å². The lowest BCUT2D eigenvalue weighted by molar-refractivity contribution is -0.0223. The van der Waals surface area contributed by atoms with Crippen LogP contribution in [0.2, 0.25) is 0 Å². The lowest BCUT2D eigenvalue weighted by Gasteiger charge is -2.35. The van der Waals surface area contributed by atoms with Crippen LogP contribution in [0.5, 0.6) is 0 Å². The highest BCUT2D eigenvalue weighted by molar-refractivity contribution is 7.18. The molecule has 1 saturated carbocycles.